The predicted octanol–water partition coefficient (Wildman–Crippen LogP) is 6.01. The van der Waals surface area contributed by atoms with E-state index in [9.17, 15) is 18.0 Å². The van der Waals surface area contributed by atoms with Crippen molar-refractivity contribution < 1.29 is 18.0 Å². The van der Waals surface area contributed by atoms with E-state index in [0.717, 1.165) is 18.2 Å². The lowest BCUT2D eigenvalue weighted by Crippen LogP contribution is -2.20. The van der Waals surface area contributed by atoms with Gasteiger partial charge in [-0.3, -0.25) is 10.3 Å². The van der Waals surface area contributed by atoms with Gasteiger partial charge in [0.2, 0.25) is 0 Å². The zero-order valence-electron chi connectivity index (χ0n) is 15.1. The third kappa shape index (κ3) is 4.04. The summed E-state index contributed by atoms with van der Waals surface area (Å²) in [6.45, 7) is 0. The molecule has 5 nitrogen and oxygen atoms in total. The highest BCUT2D eigenvalue weighted by Gasteiger charge is 2.15. The van der Waals surface area contributed by atoms with E-state index in [1.165, 1.54) is 24.4 Å². The van der Waals surface area contributed by atoms with Crippen molar-refractivity contribution in [2.24, 2.45) is 0 Å². The molecular weight excluding hydrogens is 417 g/mol. The van der Waals surface area contributed by atoms with Gasteiger partial charge in [0.25, 0.3) is 0 Å². The first kappa shape index (κ1) is 19.7. The Morgan fingerprint density at radius 3 is 2.47 bits per heavy atom. The fourth-order valence-corrected chi connectivity index (χ4v) is 3.02. The van der Waals surface area contributed by atoms with E-state index in [4.69, 9.17) is 11.6 Å². The number of anilines is 2. The van der Waals surface area contributed by atoms with Crippen molar-refractivity contribution in [2.75, 3.05) is 10.6 Å². The normalized spacial score (nSPS) is 10.8. The molecule has 0 aliphatic carbocycles. The summed E-state index contributed by atoms with van der Waals surface area (Å²) in [6.07, 6.45) is 3.10. The number of nitrogens with one attached hydrogen (secondary N) is 2. The molecule has 30 heavy (non-hydrogen) atoms. The van der Waals surface area contributed by atoms with Gasteiger partial charge in [-0.2, -0.15) is 0 Å². The summed E-state index contributed by atoms with van der Waals surface area (Å²) in [5.74, 6) is -2.52. The van der Waals surface area contributed by atoms with Crippen LogP contribution >= 0.6 is 11.6 Å². The van der Waals surface area contributed by atoms with E-state index < -0.39 is 23.5 Å². The monoisotopic (exact) mass is 428 g/mol. The number of fused-ring (bicyclic) bond motifs is 1. The first-order valence-corrected chi connectivity index (χ1v) is 9.02. The van der Waals surface area contributed by atoms with Crippen LogP contribution < -0.4 is 10.6 Å². The van der Waals surface area contributed by atoms with Gasteiger partial charge in [0.15, 0.2) is 11.6 Å². The number of rotatable bonds is 3. The Labute approximate surface area is 173 Å². The first-order chi connectivity index (χ1) is 14.4. The molecule has 2 aromatic heterocycles. The fourth-order valence-electron chi connectivity index (χ4n) is 2.84. The van der Waals surface area contributed by atoms with Gasteiger partial charge in [-0.25, -0.2) is 22.9 Å². The van der Waals surface area contributed by atoms with Crippen molar-refractivity contribution in [3.05, 3.63) is 83.4 Å². The lowest BCUT2D eigenvalue weighted by atomic mass is 10.0. The van der Waals surface area contributed by atoms with Gasteiger partial charge in [0, 0.05) is 29.0 Å². The van der Waals surface area contributed by atoms with Crippen molar-refractivity contribution >= 4 is 40.0 Å². The number of urea groups is 1. The van der Waals surface area contributed by atoms with E-state index in [0.29, 0.717) is 22.0 Å². The fraction of sp³-hybridized carbons (Fsp3) is 0. The number of benzene rings is 2. The van der Waals surface area contributed by atoms with Gasteiger partial charge in [-0.15, -0.1) is 0 Å². The highest BCUT2D eigenvalue weighted by Crippen LogP contribution is 2.31. The second-order valence-corrected chi connectivity index (χ2v) is 6.70. The van der Waals surface area contributed by atoms with Crippen LogP contribution in [0.2, 0.25) is 5.02 Å². The molecule has 0 spiro atoms. The average Bonchev–Trinajstić information content (AvgIpc) is 2.72. The van der Waals surface area contributed by atoms with Gasteiger partial charge >= 0.3 is 6.03 Å². The van der Waals surface area contributed by atoms with Crippen molar-refractivity contribution in [3.8, 4) is 11.1 Å². The minimum atomic E-state index is -1.03. The molecule has 0 atom stereocenters. The summed E-state index contributed by atoms with van der Waals surface area (Å²) >= 11 is 5.72. The van der Waals surface area contributed by atoms with Crippen molar-refractivity contribution in [2.45, 2.75) is 0 Å². The number of pyridine rings is 2. The molecule has 0 bridgehead atoms. The predicted molar refractivity (Wildman–Crippen MR) is 109 cm³/mol. The van der Waals surface area contributed by atoms with Crippen LogP contribution in [0, 0.1) is 17.5 Å². The zero-order chi connectivity index (χ0) is 21.3. The molecule has 4 aromatic rings. The van der Waals surface area contributed by atoms with Gasteiger partial charge in [-0.05, 0) is 48.0 Å². The molecule has 0 saturated heterocycles. The van der Waals surface area contributed by atoms with Crippen LogP contribution in [0.15, 0.2) is 60.9 Å². The zero-order valence-corrected chi connectivity index (χ0v) is 15.8. The molecule has 2 aromatic carbocycles. The average molecular weight is 429 g/mol. The van der Waals surface area contributed by atoms with E-state index in [1.54, 1.807) is 18.3 Å². The molecule has 150 valence electrons. The van der Waals surface area contributed by atoms with Crippen LogP contribution in [0.1, 0.15) is 0 Å². The smallest absolute Gasteiger partial charge is 0.308 e. The number of hydrogen-bond donors (Lipinski definition) is 2. The van der Waals surface area contributed by atoms with Gasteiger partial charge < -0.3 is 5.32 Å². The van der Waals surface area contributed by atoms with Crippen LogP contribution in [-0.2, 0) is 0 Å². The topological polar surface area (TPSA) is 66.9 Å². The molecule has 2 N–H and O–H groups in total. The number of hydrogen-bond acceptors (Lipinski definition) is 3. The lowest BCUT2D eigenvalue weighted by molar-refractivity contribution is 0.262. The van der Waals surface area contributed by atoms with Gasteiger partial charge in [-0.1, -0.05) is 17.7 Å². The van der Waals surface area contributed by atoms with E-state index in [1.807, 2.05) is 0 Å². The minimum absolute atomic E-state index is 0.116. The third-order valence-corrected chi connectivity index (χ3v) is 4.54. The summed E-state index contributed by atoms with van der Waals surface area (Å²) in [4.78, 5) is 20.9. The second kappa shape index (κ2) is 8.00. The Hall–Kier alpha value is -3.65. The summed E-state index contributed by atoms with van der Waals surface area (Å²) in [5, 5.41) is 5.60. The van der Waals surface area contributed by atoms with Gasteiger partial charge in [0.05, 0.1) is 10.5 Å². The van der Waals surface area contributed by atoms with Crippen LogP contribution in [0.5, 0.6) is 0 Å². The molecule has 0 unspecified atom stereocenters. The van der Waals surface area contributed by atoms with Crippen molar-refractivity contribution in [1.29, 1.82) is 0 Å². The lowest BCUT2D eigenvalue weighted by Gasteiger charge is -2.13. The van der Waals surface area contributed by atoms with E-state index in [2.05, 4.69) is 20.6 Å². The number of amides is 2. The quantitative estimate of drug-likeness (QED) is 0.420. The number of nitrogens with zero attached hydrogens (tertiary/aromatic N) is 2. The Bertz CT molecular complexity index is 1280. The van der Waals surface area contributed by atoms with E-state index >= 15 is 0 Å². The number of carbonyl (C=O) groups excluding carboxylic acids is 1. The molecule has 0 aliphatic rings. The van der Waals surface area contributed by atoms with Crippen LogP contribution in [0.4, 0.5) is 29.5 Å². The van der Waals surface area contributed by atoms with Crippen LogP contribution in [0.3, 0.4) is 0 Å². The maximum Gasteiger partial charge on any atom is 0.324 e. The number of aromatic nitrogens is 2. The standard InChI is InChI=1S/C21H12ClF3N4O/c22-15-9-13(2-4-16(15)23)27-21(30)29-20-14(11-1-3-17(24)18(25)8-11)7-12-10-26-6-5-19(12)28-20/h1-10H,(H2,27,28,29,30). The largest absolute Gasteiger partial charge is 0.324 e. The SMILES string of the molecule is O=C(Nc1ccc(F)c(Cl)c1)Nc1nc2ccncc2cc1-c1ccc(F)c(F)c1. The molecule has 0 aliphatic heterocycles. The summed E-state index contributed by atoms with van der Waals surface area (Å²) < 4.78 is 40.4. The summed E-state index contributed by atoms with van der Waals surface area (Å²) in [7, 11) is 0. The Kier molecular flexibility index (Phi) is 5.24. The Morgan fingerprint density at radius 1 is 0.900 bits per heavy atom. The number of carbonyl (C=O) groups is 1. The summed E-state index contributed by atoms with van der Waals surface area (Å²) in [5.41, 5.74) is 1.48. The highest BCUT2D eigenvalue weighted by molar-refractivity contribution is 6.31. The Morgan fingerprint density at radius 2 is 1.70 bits per heavy atom. The first-order valence-electron chi connectivity index (χ1n) is 8.64. The molecule has 2 heterocycles. The van der Waals surface area contributed by atoms with Gasteiger partial charge in [0.1, 0.15) is 11.6 Å². The van der Waals surface area contributed by atoms with Crippen LogP contribution in [-0.4, -0.2) is 16.0 Å². The molecular formula is C21H12ClF3N4O. The third-order valence-electron chi connectivity index (χ3n) is 4.26. The summed E-state index contributed by atoms with van der Waals surface area (Å²) in [6, 6.07) is 9.72. The Balaban J connectivity index is 1.71. The van der Waals surface area contributed by atoms with E-state index in [-0.39, 0.29) is 16.5 Å². The maximum absolute atomic E-state index is 13.8. The maximum atomic E-state index is 13.8. The second-order valence-electron chi connectivity index (χ2n) is 6.29. The molecule has 0 saturated carbocycles. The van der Waals surface area contributed by atoms with Crippen molar-refractivity contribution in [3.63, 3.8) is 0 Å². The molecule has 2 amide bonds. The molecule has 4 rings (SSSR count). The minimum Gasteiger partial charge on any atom is -0.308 e. The van der Waals surface area contributed by atoms with Crippen molar-refractivity contribution in [1.82, 2.24) is 9.97 Å². The highest BCUT2D eigenvalue weighted by atomic mass is 35.5. The molecule has 9 heteroatoms. The molecule has 0 radical (unpaired) electrons. The van der Waals surface area contributed by atoms with Crippen LogP contribution in [0.25, 0.3) is 22.0 Å². The molecule has 0 fully saturated rings. The number of halogens is 4.